The number of rotatable bonds is 5. The van der Waals surface area contributed by atoms with Crippen molar-refractivity contribution in [3.05, 3.63) is 30.0 Å². The van der Waals surface area contributed by atoms with Gasteiger partial charge in [0, 0.05) is 30.6 Å². The van der Waals surface area contributed by atoms with Crippen LogP contribution in [0.5, 0.6) is 0 Å². The van der Waals surface area contributed by atoms with Crippen molar-refractivity contribution in [3.8, 4) is 0 Å². The van der Waals surface area contributed by atoms with Crippen LogP contribution in [0.4, 0.5) is 0 Å². The molecule has 1 N–H and O–H groups in total. The molecule has 0 spiro atoms. The topological polar surface area (TPSA) is 58.4 Å². The lowest BCUT2D eigenvalue weighted by atomic mass is 9.88. The summed E-state index contributed by atoms with van der Waals surface area (Å²) < 4.78 is 5.28. The van der Waals surface area contributed by atoms with E-state index in [1.165, 1.54) is 6.42 Å². The molecule has 0 unspecified atom stereocenters. The normalized spacial score (nSPS) is 22.2. The number of hydrogen-bond donors (Lipinski definition) is 1. The Morgan fingerprint density at radius 1 is 1.28 bits per heavy atom. The second-order valence-electron chi connectivity index (χ2n) is 8.24. The molecule has 0 aliphatic carbocycles. The molecule has 136 valence electrons. The number of hydrogen-bond acceptors (Lipinski definition) is 4. The first-order valence-electron chi connectivity index (χ1n) is 9.20. The van der Waals surface area contributed by atoms with Gasteiger partial charge in [-0.3, -0.25) is 9.69 Å². The lowest BCUT2D eigenvalue weighted by Crippen LogP contribution is -2.56. The third-order valence-corrected chi connectivity index (χ3v) is 5.22. The fourth-order valence-electron chi connectivity index (χ4n) is 3.86. The molecule has 5 heteroatoms. The second kappa shape index (κ2) is 7.16. The van der Waals surface area contributed by atoms with Crippen LogP contribution in [0.15, 0.2) is 28.8 Å². The van der Waals surface area contributed by atoms with Gasteiger partial charge in [-0.2, -0.15) is 0 Å². The summed E-state index contributed by atoms with van der Waals surface area (Å²) in [4.78, 5) is 14.9. The maximum absolute atomic E-state index is 12.4. The minimum Gasteiger partial charge on any atom is -0.356 e. The van der Waals surface area contributed by atoms with Gasteiger partial charge in [-0.25, -0.2) is 0 Å². The van der Waals surface area contributed by atoms with Gasteiger partial charge >= 0.3 is 0 Å². The van der Waals surface area contributed by atoms with Crippen LogP contribution in [0.1, 0.15) is 39.8 Å². The Morgan fingerprint density at radius 3 is 2.68 bits per heavy atom. The van der Waals surface area contributed by atoms with Crippen LogP contribution < -0.4 is 5.32 Å². The maximum Gasteiger partial charge on any atom is 0.226 e. The third kappa shape index (κ3) is 4.21. The number of likely N-dealkylation sites (tertiary alicyclic amines) is 1. The molecular formula is C20H29N3O2. The van der Waals surface area contributed by atoms with Crippen molar-refractivity contribution in [1.29, 1.82) is 0 Å². The number of fused-ring (bicyclic) bond motifs is 1. The van der Waals surface area contributed by atoms with E-state index in [4.69, 9.17) is 4.52 Å². The molecule has 2 atom stereocenters. The molecule has 1 aromatic carbocycles. The van der Waals surface area contributed by atoms with Crippen molar-refractivity contribution in [1.82, 2.24) is 15.4 Å². The maximum atomic E-state index is 12.4. The largest absolute Gasteiger partial charge is 0.356 e. The minimum atomic E-state index is -0.0511. The van der Waals surface area contributed by atoms with E-state index >= 15 is 0 Å². The summed E-state index contributed by atoms with van der Waals surface area (Å²) in [6.45, 7) is 11.9. The molecule has 1 saturated heterocycles. The summed E-state index contributed by atoms with van der Waals surface area (Å²) in [7, 11) is 0. The van der Waals surface area contributed by atoms with Gasteiger partial charge in [0.2, 0.25) is 5.91 Å². The van der Waals surface area contributed by atoms with E-state index < -0.39 is 0 Å². The molecule has 25 heavy (non-hydrogen) atoms. The molecule has 0 saturated carbocycles. The van der Waals surface area contributed by atoms with Gasteiger partial charge in [-0.05, 0) is 44.2 Å². The first kappa shape index (κ1) is 17.9. The van der Waals surface area contributed by atoms with Crippen LogP contribution in [-0.4, -0.2) is 41.1 Å². The summed E-state index contributed by atoms with van der Waals surface area (Å²) in [5.74, 6) is 1.41. The predicted molar refractivity (Wildman–Crippen MR) is 99.3 cm³/mol. The fraction of sp³-hybridized carbons (Fsp3) is 0.600. The van der Waals surface area contributed by atoms with Gasteiger partial charge in [0.1, 0.15) is 5.69 Å². The van der Waals surface area contributed by atoms with E-state index in [9.17, 15) is 4.79 Å². The monoisotopic (exact) mass is 343 g/mol. The zero-order chi connectivity index (χ0) is 18.0. The van der Waals surface area contributed by atoms with Gasteiger partial charge in [0.05, 0.1) is 6.42 Å². The van der Waals surface area contributed by atoms with Gasteiger partial charge in [0.15, 0.2) is 5.58 Å². The number of carbonyl (C=O) groups is 1. The second-order valence-corrected chi connectivity index (χ2v) is 8.24. The number of para-hydroxylation sites is 1. The Hall–Kier alpha value is -1.88. The van der Waals surface area contributed by atoms with Gasteiger partial charge in [-0.15, -0.1) is 0 Å². The van der Waals surface area contributed by atoms with Crippen molar-refractivity contribution in [2.24, 2.45) is 11.8 Å². The van der Waals surface area contributed by atoms with E-state index in [-0.39, 0.29) is 17.9 Å². The summed E-state index contributed by atoms with van der Waals surface area (Å²) in [5.41, 5.74) is 1.37. The van der Waals surface area contributed by atoms with Crippen LogP contribution in [0.25, 0.3) is 11.0 Å². The van der Waals surface area contributed by atoms with Gasteiger partial charge in [0.25, 0.3) is 0 Å². The van der Waals surface area contributed by atoms with E-state index in [0.29, 0.717) is 24.1 Å². The number of amides is 1. The van der Waals surface area contributed by atoms with Crippen molar-refractivity contribution >= 4 is 16.9 Å². The molecule has 1 aromatic heterocycles. The van der Waals surface area contributed by atoms with E-state index in [2.05, 4.69) is 43.1 Å². The lowest BCUT2D eigenvalue weighted by Gasteiger charge is -2.45. The molecule has 1 amide bonds. The number of benzene rings is 1. The summed E-state index contributed by atoms with van der Waals surface area (Å²) in [6, 6.07) is 7.64. The van der Waals surface area contributed by atoms with Crippen molar-refractivity contribution < 1.29 is 9.32 Å². The zero-order valence-electron chi connectivity index (χ0n) is 15.7. The van der Waals surface area contributed by atoms with Gasteiger partial charge < -0.3 is 9.84 Å². The molecule has 5 nitrogen and oxygen atoms in total. The van der Waals surface area contributed by atoms with E-state index in [1.54, 1.807) is 0 Å². The minimum absolute atomic E-state index is 0.00904. The Balaban J connectivity index is 1.58. The molecule has 1 aliphatic rings. The number of aromatic nitrogens is 1. The van der Waals surface area contributed by atoms with E-state index in [1.807, 2.05) is 24.3 Å². The number of nitrogens with one attached hydrogen (secondary N) is 1. The highest BCUT2D eigenvalue weighted by Gasteiger charge is 2.32. The highest BCUT2D eigenvalue weighted by Crippen LogP contribution is 2.27. The first-order chi connectivity index (χ1) is 11.8. The van der Waals surface area contributed by atoms with Crippen LogP contribution in [0.2, 0.25) is 0 Å². The average molecular weight is 343 g/mol. The predicted octanol–water partition coefficient (Wildman–Crippen LogP) is 3.24. The molecule has 2 aromatic rings. The average Bonchev–Trinajstić information content (AvgIpc) is 2.95. The first-order valence-corrected chi connectivity index (χ1v) is 9.20. The zero-order valence-corrected chi connectivity index (χ0v) is 15.7. The van der Waals surface area contributed by atoms with Crippen molar-refractivity contribution in [2.45, 2.75) is 46.1 Å². The molecular weight excluding hydrogens is 314 g/mol. The summed E-state index contributed by atoms with van der Waals surface area (Å²) >= 11 is 0. The molecule has 3 rings (SSSR count). The summed E-state index contributed by atoms with van der Waals surface area (Å²) in [5, 5.41) is 8.05. The molecule has 1 aliphatic heterocycles. The number of piperidine rings is 1. The Labute approximate surface area is 149 Å². The number of carbonyl (C=O) groups excluding carboxylic acids is 1. The summed E-state index contributed by atoms with van der Waals surface area (Å²) in [6.07, 6.45) is 1.54. The highest BCUT2D eigenvalue weighted by atomic mass is 16.5. The Bertz CT molecular complexity index is 727. The molecule has 2 heterocycles. The number of nitrogens with zero attached hydrogens (tertiary/aromatic N) is 2. The standard InChI is InChI=1S/C20H29N3O2/c1-14-9-15(2)12-23(11-14)20(3,4)13-21-19(24)10-17-16-7-5-6-8-18(16)25-22-17/h5-8,14-15H,9-13H2,1-4H3,(H,21,24)/t14-,15-/m0/s1. The van der Waals surface area contributed by atoms with Gasteiger partial charge in [-0.1, -0.05) is 31.1 Å². The molecule has 0 bridgehead atoms. The van der Waals surface area contributed by atoms with Crippen LogP contribution in [0, 0.1) is 11.8 Å². The molecule has 1 fully saturated rings. The van der Waals surface area contributed by atoms with Crippen LogP contribution in [0.3, 0.4) is 0 Å². The third-order valence-electron chi connectivity index (χ3n) is 5.22. The SMILES string of the molecule is C[C@H]1C[C@H](C)CN(C(C)(C)CNC(=O)Cc2noc3ccccc23)C1. The molecule has 0 radical (unpaired) electrons. The lowest BCUT2D eigenvalue weighted by molar-refractivity contribution is -0.121. The Kier molecular flexibility index (Phi) is 5.13. The van der Waals surface area contributed by atoms with Crippen LogP contribution in [-0.2, 0) is 11.2 Å². The van der Waals surface area contributed by atoms with Crippen molar-refractivity contribution in [2.75, 3.05) is 19.6 Å². The van der Waals surface area contributed by atoms with E-state index in [0.717, 1.165) is 24.1 Å². The fourth-order valence-corrected chi connectivity index (χ4v) is 3.86. The smallest absolute Gasteiger partial charge is 0.226 e. The quantitative estimate of drug-likeness (QED) is 0.905. The van der Waals surface area contributed by atoms with Crippen molar-refractivity contribution in [3.63, 3.8) is 0 Å². The Morgan fingerprint density at radius 2 is 1.96 bits per heavy atom. The van der Waals surface area contributed by atoms with Crippen LogP contribution >= 0.6 is 0 Å². The highest BCUT2D eigenvalue weighted by molar-refractivity contribution is 5.86.